The van der Waals surface area contributed by atoms with Gasteiger partial charge in [-0.05, 0) is 25.1 Å². The zero-order chi connectivity index (χ0) is 13.0. The first-order valence-electron chi connectivity index (χ1n) is 5.52. The lowest BCUT2D eigenvalue weighted by molar-refractivity contribution is 0.0994. The normalized spacial score (nSPS) is 12.1. The number of hydrogen-bond donors (Lipinski definition) is 2. The second-order valence-corrected chi connectivity index (χ2v) is 3.94. The van der Waals surface area contributed by atoms with Crippen molar-refractivity contribution in [1.29, 1.82) is 0 Å². The van der Waals surface area contributed by atoms with Crippen molar-refractivity contribution in [1.82, 2.24) is 20.0 Å². The van der Waals surface area contributed by atoms with E-state index < -0.39 is 5.91 Å². The number of aromatic nitrogens is 4. The highest BCUT2D eigenvalue weighted by Gasteiger charge is 2.06. The summed E-state index contributed by atoms with van der Waals surface area (Å²) < 4.78 is 1.82. The van der Waals surface area contributed by atoms with E-state index in [1.54, 1.807) is 12.3 Å². The van der Waals surface area contributed by atoms with Gasteiger partial charge in [0.1, 0.15) is 5.82 Å². The third-order valence-corrected chi connectivity index (χ3v) is 2.33. The summed E-state index contributed by atoms with van der Waals surface area (Å²) in [6, 6.07) is 5.22. The number of nitrogens with two attached hydrogens (primary N) is 1. The lowest BCUT2D eigenvalue weighted by atomic mass is 10.3. The quantitative estimate of drug-likeness (QED) is 0.789. The van der Waals surface area contributed by atoms with Crippen LogP contribution in [0, 0.1) is 0 Å². The first-order valence-corrected chi connectivity index (χ1v) is 5.52. The molecule has 0 aliphatic heterocycles. The number of hydrogen-bond acceptors (Lipinski definition) is 5. The third-order valence-electron chi connectivity index (χ3n) is 2.33. The predicted octanol–water partition coefficient (Wildman–Crippen LogP) is 0.273. The molecule has 0 aliphatic carbocycles. The van der Waals surface area contributed by atoms with Gasteiger partial charge in [-0.1, -0.05) is 0 Å². The van der Waals surface area contributed by atoms with Gasteiger partial charge >= 0.3 is 0 Å². The number of nitrogens with zero attached hydrogens (tertiary/aromatic N) is 4. The predicted molar refractivity (Wildman–Crippen MR) is 65.9 cm³/mol. The Morgan fingerprint density at radius 3 is 2.89 bits per heavy atom. The van der Waals surface area contributed by atoms with Crippen LogP contribution in [0.5, 0.6) is 0 Å². The molecule has 7 heteroatoms. The second-order valence-electron chi connectivity index (χ2n) is 3.94. The zero-order valence-corrected chi connectivity index (χ0v) is 9.95. The number of primary amides is 1. The summed E-state index contributed by atoms with van der Waals surface area (Å²) in [7, 11) is 0. The average Bonchev–Trinajstić information content (AvgIpc) is 2.82. The van der Waals surface area contributed by atoms with Crippen LogP contribution in [0.15, 0.2) is 30.6 Å². The first kappa shape index (κ1) is 12.0. The maximum atomic E-state index is 10.8. The van der Waals surface area contributed by atoms with Crippen LogP contribution in [0.2, 0.25) is 0 Å². The standard InChI is InChI=1S/C11H14N6O/c1-8(7-17-6-2-5-13-17)14-10-4-3-9(11(12)18)15-16-10/h2-6,8H,7H2,1H3,(H2,12,18)(H,14,16). The number of carbonyl (C=O) groups is 1. The molecule has 3 N–H and O–H groups in total. The number of anilines is 1. The van der Waals surface area contributed by atoms with Crippen LogP contribution in [0.25, 0.3) is 0 Å². The van der Waals surface area contributed by atoms with E-state index in [-0.39, 0.29) is 11.7 Å². The van der Waals surface area contributed by atoms with Crippen molar-refractivity contribution >= 4 is 11.7 Å². The van der Waals surface area contributed by atoms with E-state index in [1.807, 2.05) is 23.9 Å². The molecule has 0 radical (unpaired) electrons. The van der Waals surface area contributed by atoms with Gasteiger partial charge in [-0.2, -0.15) is 5.10 Å². The number of carbonyl (C=O) groups excluding carboxylic acids is 1. The van der Waals surface area contributed by atoms with Gasteiger partial charge in [0.2, 0.25) is 0 Å². The van der Waals surface area contributed by atoms with E-state index in [0.29, 0.717) is 12.4 Å². The summed E-state index contributed by atoms with van der Waals surface area (Å²) >= 11 is 0. The van der Waals surface area contributed by atoms with Crippen LogP contribution in [-0.4, -0.2) is 31.9 Å². The smallest absolute Gasteiger partial charge is 0.269 e. The Bertz CT molecular complexity index is 507. The number of amides is 1. The van der Waals surface area contributed by atoms with Crippen LogP contribution in [0.3, 0.4) is 0 Å². The van der Waals surface area contributed by atoms with Crippen molar-refractivity contribution in [3.8, 4) is 0 Å². The van der Waals surface area contributed by atoms with Gasteiger partial charge in [0, 0.05) is 18.4 Å². The fraction of sp³-hybridized carbons (Fsp3) is 0.273. The summed E-state index contributed by atoms with van der Waals surface area (Å²) in [5.41, 5.74) is 5.24. The van der Waals surface area contributed by atoms with Gasteiger partial charge < -0.3 is 11.1 Å². The summed E-state index contributed by atoms with van der Waals surface area (Å²) in [6.07, 6.45) is 3.62. The molecule has 2 heterocycles. The highest BCUT2D eigenvalue weighted by Crippen LogP contribution is 2.04. The minimum Gasteiger partial charge on any atom is -0.364 e. The minimum absolute atomic E-state index is 0.138. The Morgan fingerprint density at radius 1 is 1.50 bits per heavy atom. The topological polar surface area (TPSA) is 98.7 Å². The molecule has 0 saturated carbocycles. The Morgan fingerprint density at radius 2 is 2.33 bits per heavy atom. The molecule has 1 atom stereocenters. The molecule has 0 aromatic carbocycles. The molecule has 2 rings (SSSR count). The molecular formula is C11H14N6O. The maximum absolute atomic E-state index is 10.8. The maximum Gasteiger partial charge on any atom is 0.269 e. The second kappa shape index (κ2) is 5.26. The van der Waals surface area contributed by atoms with Gasteiger partial charge in [0.25, 0.3) is 5.91 Å². The van der Waals surface area contributed by atoms with E-state index in [9.17, 15) is 4.79 Å². The molecule has 0 spiro atoms. The van der Waals surface area contributed by atoms with E-state index in [1.165, 1.54) is 6.07 Å². The van der Waals surface area contributed by atoms with Crippen LogP contribution >= 0.6 is 0 Å². The highest BCUT2D eigenvalue weighted by atomic mass is 16.1. The van der Waals surface area contributed by atoms with E-state index in [4.69, 9.17) is 5.73 Å². The Labute approximate surface area is 104 Å². The molecule has 1 unspecified atom stereocenters. The molecule has 0 aliphatic rings. The molecule has 2 aromatic heterocycles. The molecule has 0 saturated heterocycles. The molecule has 1 amide bonds. The summed E-state index contributed by atoms with van der Waals surface area (Å²) in [4.78, 5) is 10.8. The van der Waals surface area contributed by atoms with Crippen molar-refractivity contribution in [2.24, 2.45) is 5.73 Å². The molecular weight excluding hydrogens is 232 g/mol. The Balaban J connectivity index is 1.94. The van der Waals surface area contributed by atoms with Gasteiger partial charge in [0.15, 0.2) is 5.69 Å². The highest BCUT2D eigenvalue weighted by molar-refractivity contribution is 5.90. The fourth-order valence-corrected chi connectivity index (χ4v) is 1.53. The van der Waals surface area contributed by atoms with Crippen LogP contribution in [0.4, 0.5) is 5.82 Å². The lowest BCUT2D eigenvalue weighted by Crippen LogP contribution is -2.23. The Kier molecular flexibility index (Phi) is 3.52. The van der Waals surface area contributed by atoms with Gasteiger partial charge in [-0.3, -0.25) is 9.48 Å². The third kappa shape index (κ3) is 3.03. The van der Waals surface area contributed by atoms with Crippen LogP contribution in [-0.2, 0) is 6.54 Å². The first-order chi connectivity index (χ1) is 8.65. The van der Waals surface area contributed by atoms with Crippen molar-refractivity contribution in [2.45, 2.75) is 19.5 Å². The van der Waals surface area contributed by atoms with E-state index in [2.05, 4.69) is 20.6 Å². The molecule has 0 bridgehead atoms. The van der Waals surface area contributed by atoms with Crippen LogP contribution < -0.4 is 11.1 Å². The summed E-state index contributed by atoms with van der Waals surface area (Å²) in [5.74, 6) is 0.0123. The van der Waals surface area contributed by atoms with Gasteiger partial charge in [-0.15, -0.1) is 10.2 Å². The lowest BCUT2D eigenvalue weighted by Gasteiger charge is -2.13. The summed E-state index contributed by atoms with van der Waals surface area (Å²) in [5, 5.41) is 14.9. The molecule has 18 heavy (non-hydrogen) atoms. The van der Waals surface area contributed by atoms with E-state index in [0.717, 1.165) is 0 Å². The van der Waals surface area contributed by atoms with Crippen molar-refractivity contribution in [3.05, 3.63) is 36.3 Å². The molecule has 94 valence electrons. The molecule has 2 aromatic rings. The van der Waals surface area contributed by atoms with Gasteiger partial charge in [-0.25, -0.2) is 0 Å². The zero-order valence-electron chi connectivity index (χ0n) is 9.95. The van der Waals surface area contributed by atoms with Crippen molar-refractivity contribution in [2.75, 3.05) is 5.32 Å². The number of rotatable bonds is 5. The summed E-state index contributed by atoms with van der Waals surface area (Å²) in [6.45, 7) is 2.72. The van der Waals surface area contributed by atoms with Crippen LogP contribution in [0.1, 0.15) is 17.4 Å². The van der Waals surface area contributed by atoms with E-state index >= 15 is 0 Å². The SMILES string of the molecule is CC(Cn1cccn1)Nc1ccc(C(N)=O)nn1. The van der Waals surface area contributed by atoms with Gasteiger partial charge in [0.05, 0.1) is 6.54 Å². The van der Waals surface area contributed by atoms with Crippen molar-refractivity contribution < 1.29 is 4.79 Å². The minimum atomic E-state index is -0.585. The molecule has 7 nitrogen and oxygen atoms in total. The largest absolute Gasteiger partial charge is 0.364 e. The molecule has 0 fully saturated rings. The Hall–Kier alpha value is -2.44. The monoisotopic (exact) mass is 246 g/mol. The fourth-order valence-electron chi connectivity index (χ4n) is 1.53. The average molecular weight is 246 g/mol. The number of nitrogens with one attached hydrogen (secondary N) is 1. The van der Waals surface area contributed by atoms with Crippen molar-refractivity contribution in [3.63, 3.8) is 0 Å².